The van der Waals surface area contributed by atoms with Crippen molar-refractivity contribution in [3.8, 4) is 11.8 Å². The van der Waals surface area contributed by atoms with Gasteiger partial charge in [0.25, 0.3) is 5.91 Å². The zero-order chi connectivity index (χ0) is 23.0. The van der Waals surface area contributed by atoms with Gasteiger partial charge in [-0.2, -0.15) is 36.7 Å². The van der Waals surface area contributed by atoms with Crippen LogP contribution in [0.3, 0.4) is 0 Å². The molecule has 0 aliphatic carbocycles. The van der Waals surface area contributed by atoms with Crippen LogP contribution in [0.25, 0.3) is 5.69 Å². The lowest BCUT2D eigenvalue weighted by Crippen LogP contribution is -2.14. The van der Waals surface area contributed by atoms with Crippen LogP contribution < -0.4 is 5.32 Å². The third-order valence-corrected chi connectivity index (χ3v) is 4.32. The van der Waals surface area contributed by atoms with Crippen LogP contribution in [0.1, 0.15) is 27.3 Å². The molecule has 12 heteroatoms. The van der Waals surface area contributed by atoms with Crippen molar-refractivity contribution in [2.75, 3.05) is 5.32 Å². The summed E-state index contributed by atoms with van der Waals surface area (Å²) in [5.74, 6) is -0.656. The number of amides is 1. The summed E-state index contributed by atoms with van der Waals surface area (Å²) in [6, 6.07) is 10.3. The second-order valence-corrected chi connectivity index (χ2v) is 6.54. The number of anilines is 1. The van der Waals surface area contributed by atoms with Crippen LogP contribution in [0.4, 0.5) is 32.0 Å². The van der Waals surface area contributed by atoms with E-state index in [1.807, 2.05) is 6.07 Å². The van der Waals surface area contributed by atoms with Gasteiger partial charge in [0.05, 0.1) is 27.9 Å². The summed E-state index contributed by atoms with van der Waals surface area (Å²) in [7, 11) is 0. The molecule has 0 bridgehead atoms. The third-order valence-electron chi connectivity index (χ3n) is 4.00. The zero-order valence-corrected chi connectivity index (χ0v) is 15.8. The summed E-state index contributed by atoms with van der Waals surface area (Å²) in [4.78, 5) is 12.3. The molecular weight excluding hydrogens is 450 g/mol. The second kappa shape index (κ2) is 7.96. The van der Waals surface area contributed by atoms with E-state index in [2.05, 4.69) is 10.4 Å². The van der Waals surface area contributed by atoms with Gasteiger partial charge in [0.15, 0.2) is 5.69 Å². The SMILES string of the molecule is N#Cc1ccc(C(=O)Nc2ccc(-n3nc(C(F)(F)F)cc3C(F)(F)F)cc2)c(Cl)c1. The molecule has 0 fully saturated rings. The molecule has 2 aromatic carbocycles. The molecule has 0 aliphatic rings. The predicted molar refractivity (Wildman–Crippen MR) is 97.7 cm³/mol. The lowest BCUT2D eigenvalue weighted by Gasteiger charge is -2.11. The van der Waals surface area contributed by atoms with E-state index in [0.717, 1.165) is 12.1 Å². The van der Waals surface area contributed by atoms with E-state index in [-0.39, 0.29) is 38.3 Å². The molecule has 3 aromatic rings. The number of rotatable bonds is 3. The number of benzene rings is 2. The van der Waals surface area contributed by atoms with Crippen LogP contribution in [0.15, 0.2) is 48.5 Å². The summed E-state index contributed by atoms with van der Waals surface area (Å²) in [5.41, 5.74) is -3.15. The highest BCUT2D eigenvalue weighted by molar-refractivity contribution is 6.34. The molecule has 1 heterocycles. The quantitative estimate of drug-likeness (QED) is 0.513. The predicted octanol–water partition coefficient (Wildman–Crippen LogP) is 5.69. The fourth-order valence-corrected chi connectivity index (χ4v) is 2.84. The second-order valence-electron chi connectivity index (χ2n) is 6.13. The summed E-state index contributed by atoms with van der Waals surface area (Å²) < 4.78 is 78.0. The maximum absolute atomic E-state index is 13.1. The fourth-order valence-electron chi connectivity index (χ4n) is 2.57. The number of hydrogen-bond acceptors (Lipinski definition) is 3. The van der Waals surface area contributed by atoms with Gasteiger partial charge < -0.3 is 5.32 Å². The number of carbonyl (C=O) groups is 1. The molecule has 5 nitrogen and oxygen atoms in total. The molecule has 3 rings (SSSR count). The van der Waals surface area contributed by atoms with E-state index < -0.39 is 29.6 Å². The molecule has 0 spiro atoms. The zero-order valence-electron chi connectivity index (χ0n) is 15.0. The van der Waals surface area contributed by atoms with E-state index in [1.165, 1.54) is 30.3 Å². The molecule has 0 aliphatic heterocycles. The van der Waals surface area contributed by atoms with Crippen LogP contribution in [0.5, 0.6) is 0 Å². The first kappa shape index (κ1) is 22.2. The van der Waals surface area contributed by atoms with Gasteiger partial charge in [0.2, 0.25) is 0 Å². The summed E-state index contributed by atoms with van der Waals surface area (Å²) in [6.07, 6.45) is -10.1. The minimum atomic E-state index is -5.07. The molecule has 0 atom stereocenters. The molecule has 0 saturated heterocycles. The molecule has 1 aromatic heterocycles. The fraction of sp³-hybridized carbons (Fsp3) is 0.105. The van der Waals surface area contributed by atoms with Crippen LogP contribution in [-0.2, 0) is 12.4 Å². The number of alkyl halides is 6. The van der Waals surface area contributed by atoms with Crippen LogP contribution in [0.2, 0.25) is 5.02 Å². The summed E-state index contributed by atoms with van der Waals surface area (Å²) in [5, 5.41) is 14.3. The van der Waals surface area contributed by atoms with Gasteiger partial charge in [-0.05, 0) is 42.5 Å². The van der Waals surface area contributed by atoms with E-state index in [0.29, 0.717) is 0 Å². The van der Waals surface area contributed by atoms with Crippen molar-refractivity contribution < 1.29 is 31.1 Å². The smallest absolute Gasteiger partial charge is 0.322 e. The van der Waals surface area contributed by atoms with Crippen molar-refractivity contribution in [1.82, 2.24) is 9.78 Å². The van der Waals surface area contributed by atoms with E-state index in [1.54, 1.807) is 0 Å². The molecule has 1 N–H and O–H groups in total. The van der Waals surface area contributed by atoms with Gasteiger partial charge in [-0.15, -0.1) is 0 Å². The Bertz CT molecular complexity index is 1180. The van der Waals surface area contributed by atoms with Crippen LogP contribution >= 0.6 is 11.6 Å². The monoisotopic (exact) mass is 458 g/mol. The molecule has 0 radical (unpaired) electrons. The van der Waals surface area contributed by atoms with Gasteiger partial charge >= 0.3 is 12.4 Å². The number of halogens is 7. The Morgan fingerprint density at radius 2 is 1.65 bits per heavy atom. The normalized spacial score (nSPS) is 11.8. The number of carbonyl (C=O) groups excluding carboxylic acids is 1. The first-order valence-corrected chi connectivity index (χ1v) is 8.64. The molecule has 160 valence electrons. The van der Waals surface area contributed by atoms with Crippen molar-refractivity contribution in [2.45, 2.75) is 12.4 Å². The van der Waals surface area contributed by atoms with Crippen molar-refractivity contribution in [3.05, 3.63) is 76.1 Å². The molecule has 1 amide bonds. The van der Waals surface area contributed by atoms with Gasteiger partial charge in [0.1, 0.15) is 5.69 Å². The third kappa shape index (κ3) is 4.80. The Labute approximate surface area is 175 Å². The Morgan fingerprint density at radius 1 is 1.00 bits per heavy atom. The van der Waals surface area contributed by atoms with Crippen LogP contribution in [-0.4, -0.2) is 15.7 Å². The average molecular weight is 459 g/mol. The number of nitrogens with one attached hydrogen (secondary N) is 1. The Hall–Kier alpha value is -3.52. The van der Waals surface area contributed by atoms with E-state index in [9.17, 15) is 31.1 Å². The maximum atomic E-state index is 13.1. The molecule has 0 unspecified atom stereocenters. The van der Waals surface area contributed by atoms with Gasteiger partial charge in [-0.25, -0.2) is 4.68 Å². The average Bonchev–Trinajstić information content (AvgIpc) is 3.15. The van der Waals surface area contributed by atoms with Crippen molar-refractivity contribution in [2.24, 2.45) is 0 Å². The largest absolute Gasteiger partial charge is 0.435 e. The topological polar surface area (TPSA) is 70.7 Å². The maximum Gasteiger partial charge on any atom is 0.435 e. The van der Waals surface area contributed by atoms with Crippen LogP contribution in [0, 0.1) is 11.3 Å². The van der Waals surface area contributed by atoms with E-state index >= 15 is 0 Å². The lowest BCUT2D eigenvalue weighted by atomic mass is 10.1. The minimum absolute atomic E-state index is 0.0132. The summed E-state index contributed by atoms with van der Waals surface area (Å²) >= 11 is 5.95. The number of aromatic nitrogens is 2. The standard InChI is InChI=1S/C19H9ClF6N4O/c20-14-7-10(9-27)1-6-13(14)17(31)28-11-2-4-12(5-3-11)30-16(19(24,25)26)8-15(29-30)18(21,22)23/h1-8H,(H,28,31). The number of nitrogens with zero attached hydrogens (tertiary/aromatic N) is 3. The number of hydrogen-bond donors (Lipinski definition) is 1. The van der Waals surface area contributed by atoms with Crippen molar-refractivity contribution in [3.63, 3.8) is 0 Å². The highest BCUT2D eigenvalue weighted by atomic mass is 35.5. The van der Waals surface area contributed by atoms with Gasteiger partial charge in [-0.3, -0.25) is 4.79 Å². The highest BCUT2D eigenvalue weighted by Gasteiger charge is 2.42. The Morgan fingerprint density at radius 3 is 2.16 bits per heavy atom. The lowest BCUT2D eigenvalue weighted by molar-refractivity contribution is -0.143. The summed E-state index contributed by atoms with van der Waals surface area (Å²) in [6.45, 7) is 0. The van der Waals surface area contributed by atoms with Gasteiger partial charge in [0, 0.05) is 11.8 Å². The molecular formula is C19H9ClF6N4O. The van der Waals surface area contributed by atoms with E-state index in [4.69, 9.17) is 16.9 Å². The van der Waals surface area contributed by atoms with Crippen molar-refractivity contribution in [1.29, 1.82) is 5.26 Å². The van der Waals surface area contributed by atoms with Crippen molar-refractivity contribution >= 4 is 23.2 Å². The van der Waals surface area contributed by atoms with Gasteiger partial charge in [-0.1, -0.05) is 11.6 Å². The number of nitriles is 1. The molecule has 31 heavy (non-hydrogen) atoms. The first-order valence-electron chi connectivity index (χ1n) is 8.26. The first-order chi connectivity index (χ1) is 14.4. The Kier molecular flexibility index (Phi) is 5.69. The Balaban J connectivity index is 1.88. The minimum Gasteiger partial charge on any atom is -0.322 e. The molecule has 0 saturated carbocycles. The highest BCUT2D eigenvalue weighted by Crippen LogP contribution is 2.36.